The second kappa shape index (κ2) is 17.4. The van der Waals surface area contributed by atoms with Gasteiger partial charge in [0.2, 0.25) is 0 Å². The molecule has 0 saturated heterocycles. The Morgan fingerprint density at radius 1 is 0.814 bits per heavy atom. The average Bonchev–Trinajstić information content (AvgIpc) is 2.98. The van der Waals surface area contributed by atoms with Crippen LogP contribution < -0.4 is 4.74 Å². The lowest BCUT2D eigenvalue weighted by molar-refractivity contribution is -0.140. The summed E-state index contributed by atoms with van der Waals surface area (Å²) in [4.78, 5) is 36.1. The first-order valence-corrected chi connectivity index (χ1v) is 14.9. The molecule has 1 aliphatic carbocycles. The lowest BCUT2D eigenvalue weighted by atomic mass is 9.75. The van der Waals surface area contributed by atoms with Crippen LogP contribution in [0.1, 0.15) is 57.3 Å². The van der Waals surface area contributed by atoms with E-state index >= 15 is 0 Å². The van der Waals surface area contributed by atoms with E-state index in [0.717, 1.165) is 24.0 Å². The van der Waals surface area contributed by atoms with Crippen molar-refractivity contribution in [3.8, 4) is 16.9 Å². The van der Waals surface area contributed by atoms with Crippen molar-refractivity contribution in [2.24, 2.45) is 17.8 Å². The van der Waals surface area contributed by atoms with E-state index in [1.54, 1.807) is 31.2 Å². The van der Waals surface area contributed by atoms with Gasteiger partial charge in [0.05, 0.1) is 32.0 Å². The van der Waals surface area contributed by atoms with Crippen LogP contribution in [-0.4, -0.2) is 63.8 Å². The van der Waals surface area contributed by atoms with Crippen molar-refractivity contribution in [3.63, 3.8) is 0 Å². The van der Waals surface area contributed by atoms with E-state index in [1.165, 1.54) is 6.42 Å². The fourth-order valence-corrected chi connectivity index (χ4v) is 4.92. The summed E-state index contributed by atoms with van der Waals surface area (Å²) in [6.07, 6.45) is 2.32. The zero-order valence-electron chi connectivity index (χ0n) is 25.7. The van der Waals surface area contributed by atoms with Crippen molar-refractivity contribution < 1.29 is 42.8 Å². The van der Waals surface area contributed by atoms with Crippen LogP contribution in [-0.2, 0) is 28.5 Å². The van der Waals surface area contributed by atoms with Gasteiger partial charge in [0.15, 0.2) is 0 Å². The Balaban J connectivity index is 1.34. The van der Waals surface area contributed by atoms with Crippen molar-refractivity contribution >= 4 is 18.1 Å². The van der Waals surface area contributed by atoms with Gasteiger partial charge in [0, 0.05) is 5.57 Å². The quantitative estimate of drug-likeness (QED) is 0.0735. The van der Waals surface area contributed by atoms with Gasteiger partial charge in [-0.15, -0.1) is 0 Å². The fourth-order valence-electron chi connectivity index (χ4n) is 4.92. The minimum atomic E-state index is -0.832. The molecule has 2 aromatic carbocycles. The largest absolute Gasteiger partial charge is 0.513 e. The molecular formula is C34H44O9. The first-order valence-electron chi connectivity index (χ1n) is 14.9. The molecule has 9 nitrogen and oxygen atoms in total. The third-order valence-corrected chi connectivity index (χ3v) is 7.36. The molecule has 3 atom stereocenters. The van der Waals surface area contributed by atoms with E-state index in [2.05, 4.69) is 27.4 Å². The van der Waals surface area contributed by atoms with Crippen LogP contribution >= 0.6 is 0 Å². The summed E-state index contributed by atoms with van der Waals surface area (Å²) in [5, 5.41) is 0. The maximum absolute atomic E-state index is 12.9. The Hall–Kier alpha value is -3.69. The highest BCUT2D eigenvalue weighted by Gasteiger charge is 2.33. The topological polar surface area (TPSA) is 107 Å². The summed E-state index contributed by atoms with van der Waals surface area (Å²) in [5.74, 6) is 1.05. The fraction of sp³-hybridized carbons (Fsp3) is 0.500. The number of hydrogen-bond donors (Lipinski definition) is 0. The summed E-state index contributed by atoms with van der Waals surface area (Å²) in [6.45, 7) is 12.9. The lowest BCUT2D eigenvalue weighted by Gasteiger charge is -2.36. The molecule has 234 valence electrons. The molecule has 1 saturated carbocycles. The molecule has 1 fully saturated rings. The second-order valence-electron chi connectivity index (χ2n) is 11.2. The highest BCUT2D eigenvalue weighted by molar-refractivity contribution is 5.90. The molecule has 9 heteroatoms. The lowest BCUT2D eigenvalue weighted by Crippen LogP contribution is -2.35. The summed E-state index contributed by atoms with van der Waals surface area (Å²) in [7, 11) is 0. The Labute approximate surface area is 254 Å². The minimum Gasteiger partial charge on any atom is -0.460 e. The molecule has 0 heterocycles. The molecule has 0 spiro atoms. The third-order valence-electron chi connectivity index (χ3n) is 7.36. The number of carbonyl (C=O) groups is 3. The first kappa shape index (κ1) is 33.8. The van der Waals surface area contributed by atoms with Crippen LogP contribution in [0.3, 0.4) is 0 Å². The normalized spacial score (nSPS) is 18.1. The molecule has 3 unspecified atom stereocenters. The van der Waals surface area contributed by atoms with Gasteiger partial charge < -0.3 is 28.4 Å². The Bertz CT molecular complexity index is 1190. The number of ether oxygens (including phenoxy) is 6. The van der Waals surface area contributed by atoms with E-state index in [9.17, 15) is 14.4 Å². The molecule has 0 amide bonds. The zero-order valence-corrected chi connectivity index (χ0v) is 25.7. The Kier molecular flexibility index (Phi) is 13.7. The maximum atomic E-state index is 12.9. The van der Waals surface area contributed by atoms with Gasteiger partial charge in [-0.2, -0.15) is 0 Å². The standard InChI is InChI=1S/C34H44O9/c1-23(2)30-15-6-25(5)22-31(30)43-33(36)28-9-7-26(8-10-28)27-11-13-29(14-12-27)42-34(37)41-21-19-39-17-16-38-18-20-40-32(35)24(3)4/h7-14,23,25,30-31H,3,6,15-22H2,1-2,4-5H3. The van der Waals surface area contributed by atoms with E-state index in [4.69, 9.17) is 28.4 Å². The van der Waals surface area contributed by atoms with Crippen LogP contribution in [0.4, 0.5) is 4.79 Å². The number of hydrogen-bond acceptors (Lipinski definition) is 9. The van der Waals surface area contributed by atoms with Gasteiger partial charge in [-0.1, -0.05) is 58.0 Å². The Morgan fingerprint density at radius 3 is 1.95 bits per heavy atom. The third kappa shape index (κ3) is 11.5. The van der Waals surface area contributed by atoms with Crippen LogP contribution in [0.5, 0.6) is 5.75 Å². The molecule has 3 rings (SSSR count). The molecule has 0 N–H and O–H groups in total. The number of benzene rings is 2. The van der Waals surface area contributed by atoms with Gasteiger partial charge in [-0.25, -0.2) is 14.4 Å². The van der Waals surface area contributed by atoms with Crippen molar-refractivity contribution in [1.29, 1.82) is 0 Å². The Morgan fingerprint density at radius 2 is 1.37 bits per heavy atom. The predicted molar refractivity (Wildman–Crippen MR) is 162 cm³/mol. The molecule has 0 aliphatic heterocycles. The molecule has 0 bridgehead atoms. The van der Waals surface area contributed by atoms with Crippen LogP contribution in [0.2, 0.25) is 0 Å². The van der Waals surface area contributed by atoms with Gasteiger partial charge in [0.25, 0.3) is 0 Å². The van der Waals surface area contributed by atoms with Gasteiger partial charge in [0.1, 0.15) is 25.1 Å². The summed E-state index contributed by atoms with van der Waals surface area (Å²) >= 11 is 0. The highest BCUT2D eigenvalue weighted by Crippen LogP contribution is 2.36. The minimum absolute atomic E-state index is 0.0276. The summed E-state index contributed by atoms with van der Waals surface area (Å²) in [5.41, 5.74) is 2.70. The van der Waals surface area contributed by atoms with Crippen LogP contribution in [0.25, 0.3) is 11.1 Å². The smallest absolute Gasteiger partial charge is 0.460 e. The molecule has 1 aliphatic rings. The molecule has 0 radical (unpaired) electrons. The number of rotatable bonds is 15. The van der Waals surface area contributed by atoms with Gasteiger partial charge in [-0.05, 0) is 72.9 Å². The summed E-state index contributed by atoms with van der Waals surface area (Å²) < 4.78 is 31.7. The second-order valence-corrected chi connectivity index (χ2v) is 11.2. The summed E-state index contributed by atoms with van der Waals surface area (Å²) in [6, 6.07) is 14.3. The van der Waals surface area contributed by atoms with Crippen molar-refractivity contribution in [1.82, 2.24) is 0 Å². The van der Waals surface area contributed by atoms with E-state index in [0.29, 0.717) is 47.9 Å². The van der Waals surface area contributed by atoms with Crippen molar-refractivity contribution in [3.05, 3.63) is 66.2 Å². The van der Waals surface area contributed by atoms with Crippen molar-refractivity contribution in [2.45, 2.75) is 53.1 Å². The zero-order chi connectivity index (χ0) is 31.2. The van der Waals surface area contributed by atoms with Crippen molar-refractivity contribution in [2.75, 3.05) is 39.6 Å². The van der Waals surface area contributed by atoms with Gasteiger partial charge >= 0.3 is 18.1 Å². The maximum Gasteiger partial charge on any atom is 0.513 e. The average molecular weight is 597 g/mol. The van der Waals surface area contributed by atoms with Gasteiger partial charge in [-0.3, -0.25) is 0 Å². The SMILES string of the molecule is C=C(C)C(=O)OCCOCCOCCOC(=O)Oc1ccc(-c2ccc(C(=O)OC3CC(C)CCC3C(C)C)cc2)cc1. The van der Waals surface area contributed by atoms with E-state index in [1.807, 2.05) is 24.3 Å². The number of carbonyl (C=O) groups excluding carboxylic acids is 3. The van der Waals surface area contributed by atoms with Crippen LogP contribution in [0.15, 0.2) is 60.7 Å². The number of esters is 2. The predicted octanol–water partition coefficient (Wildman–Crippen LogP) is 6.64. The van der Waals surface area contributed by atoms with E-state index < -0.39 is 12.1 Å². The monoisotopic (exact) mass is 596 g/mol. The molecule has 2 aromatic rings. The first-order chi connectivity index (χ1) is 20.6. The van der Waals surface area contributed by atoms with Crippen LogP contribution in [0, 0.1) is 17.8 Å². The molecular weight excluding hydrogens is 552 g/mol. The molecule has 43 heavy (non-hydrogen) atoms. The highest BCUT2D eigenvalue weighted by atomic mass is 16.7. The van der Waals surface area contributed by atoms with E-state index in [-0.39, 0.29) is 38.5 Å². The molecule has 0 aromatic heterocycles.